The summed E-state index contributed by atoms with van der Waals surface area (Å²) in [6, 6.07) is 11.2. The van der Waals surface area contributed by atoms with Gasteiger partial charge in [0.2, 0.25) is 0 Å². The van der Waals surface area contributed by atoms with Gasteiger partial charge in [-0.15, -0.1) is 0 Å². The van der Waals surface area contributed by atoms with Crippen LogP contribution in [0.5, 0.6) is 11.5 Å². The van der Waals surface area contributed by atoms with Gasteiger partial charge in [0, 0.05) is 17.3 Å². The van der Waals surface area contributed by atoms with E-state index in [1.165, 1.54) is 0 Å². The number of aliphatic hydroxyl groups is 1. The van der Waals surface area contributed by atoms with E-state index in [2.05, 4.69) is 0 Å². The Hall–Kier alpha value is -2.20. The quantitative estimate of drug-likeness (QED) is 0.850. The van der Waals surface area contributed by atoms with E-state index in [0.717, 1.165) is 28.8 Å². The predicted molar refractivity (Wildman–Crippen MR) is 81.7 cm³/mol. The fraction of sp³-hybridized carbons (Fsp3) is 0.294. The van der Waals surface area contributed by atoms with E-state index < -0.39 is 5.60 Å². The maximum absolute atomic E-state index is 11.2. The number of anilines is 1. The van der Waals surface area contributed by atoms with E-state index in [0.29, 0.717) is 17.9 Å². The smallest absolute Gasteiger partial charge is 0.128 e. The minimum absolute atomic E-state index is 0.620. The molecule has 0 amide bonds. The fourth-order valence-electron chi connectivity index (χ4n) is 3.09. The standard InChI is InChI=1S/C17H19NO3/c1-20-13-4-6-15(16(10-13)21-2)17(19)8-7-11-9-12(18)3-5-14(11)17/h3-6,9-10,19H,7-8,18H2,1-2H3. The number of aryl methyl sites for hydroxylation is 1. The Morgan fingerprint density at radius 2 is 1.81 bits per heavy atom. The van der Waals surface area contributed by atoms with Gasteiger partial charge in [0.05, 0.1) is 14.2 Å². The molecule has 0 saturated carbocycles. The van der Waals surface area contributed by atoms with E-state index >= 15 is 0 Å². The number of fused-ring (bicyclic) bond motifs is 1. The topological polar surface area (TPSA) is 64.7 Å². The highest BCUT2D eigenvalue weighted by atomic mass is 16.5. The van der Waals surface area contributed by atoms with Crippen molar-refractivity contribution in [1.29, 1.82) is 0 Å². The Balaban J connectivity index is 2.13. The molecule has 2 aromatic rings. The van der Waals surface area contributed by atoms with Gasteiger partial charge in [-0.05, 0) is 48.2 Å². The summed E-state index contributed by atoms with van der Waals surface area (Å²) < 4.78 is 10.7. The van der Waals surface area contributed by atoms with Crippen molar-refractivity contribution in [3.8, 4) is 11.5 Å². The molecular weight excluding hydrogens is 266 g/mol. The normalized spacial score (nSPS) is 20.1. The molecule has 3 rings (SSSR count). The highest BCUT2D eigenvalue weighted by molar-refractivity contribution is 5.55. The van der Waals surface area contributed by atoms with Crippen molar-refractivity contribution in [2.75, 3.05) is 20.0 Å². The number of ether oxygens (including phenoxy) is 2. The van der Waals surface area contributed by atoms with Gasteiger partial charge in [-0.3, -0.25) is 0 Å². The van der Waals surface area contributed by atoms with Gasteiger partial charge in [0.1, 0.15) is 17.1 Å². The van der Waals surface area contributed by atoms with E-state index in [9.17, 15) is 5.11 Å². The second kappa shape index (κ2) is 4.97. The van der Waals surface area contributed by atoms with Gasteiger partial charge in [-0.25, -0.2) is 0 Å². The number of nitrogens with two attached hydrogens (primary N) is 1. The third kappa shape index (κ3) is 2.12. The summed E-state index contributed by atoms with van der Waals surface area (Å²) in [7, 11) is 3.21. The zero-order valence-electron chi connectivity index (χ0n) is 12.2. The van der Waals surface area contributed by atoms with Crippen LogP contribution in [0.4, 0.5) is 5.69 Å². The molecule has 1 atom stereocenters. The van der Waals surface area contributed by atoms with Crippen molar-refractivity contribution in [2.24, 2.45) is 0 Å². The molecule has 0 saturated heterocycles. The number of hydrogen-bond donors (Lipinski definition) is 2. The van der Waals surface area contributed by atoms with Crippen LogP contribution in [0.15, 0.2) is 36.4 Å². The summed E-state index contributed by atoms with van der Waals surface area (Å²) in [6.45, 7) is 0. The first-order chi connectivity index (χ1) is 10.1. The summed E-state index contributed by atoms with van der Waals surface area (Å²) in [6.07, 6.45) is 1.42. The van der Waals surface area contributed by atoms with E-state index in [1.54, 1.807) is 20.3 Å². The lowest BCUT2D eigenvalue weighted by Gasteiger charge is -2.27. The molecule has 0 spiro atoms. The highest BCUT2D eigenvalue weighted by Gasteiger charge is 2.40. The average Bonchev–Trinajstić information content (AvgIpc) is 2.84. The molecule has 4 heteroatoms. The molecule has 1 aliphatic rings. The maximum atomic E-state index is 11.2. The van der Waals surface area contributed by atoms with Crippen molar-refractivity contribution >= 4 is 5.69 Å². The first kappa shape index (κ1) is 13.8. The molecule has 2 aromatic carbocycles. The van der Waals surface area contributed by atoms with Crippen molar-refractivity contribution in [2.45, 2.75) is 18.4 Å². The van der Waals surface area contributed by atoms with Crippen molar-refractivity contribution in [3.05, 3.63) is 53.1 Å². The van der Waals surface area contributed by atoms with Crippen LogP contribution in [0.1, 0.15) is 23.1 Å². The van der Waals surface area contributed by atoms with Crippen LogP contribution in [-0.4, -0.2) is 19.3 Å². The van der Waals surface area contributed by atoms with Gasteiger partial charge < -0.3 is 20.3 Å². The van der Waals surface area contributed by atoms with Gasteiger partial charge in [0.25, 0.3) is 0 Å². The van der Waals surface area contributed by atoms with Crippen molar-refractivity contribution in [3.63, 3.8) is 0 Å². The summed E-state index contributed by atoms with van der Waals surface area (Å²) in [4.78, 5) is 0. The molecule has 1 aliphatic carbocycles. The first-order valence-electron chi connectivity index (χ1n) is 6.92. The number of rotatable bonds is 3. The lowest BCUT2D eigenvalue weighted by atomic mass is 9.87. The second-order valence-electron chi connectivity index (χ2n) is 5.34. The molecule has 21 heavy (non-hydrogen) atoms. The highest BCUT2D eigenvalue weighted by Crippen LogP contribution is 2.46. The van der Waals surface area contributed by atoms with E-state index in [4.69, 9.17) is 15.2 Å². The van der Waals surface area contributed by atoms with E-state index in [1.807, 2.05) is 30.3 Å². The summed E-state index contributed by atoms with van der Waals surface area (Å²) in [5.41, 5.74) is 8.26. The number of nitrogen functional groups attached to an aromatic ring is 1. The summed E-state index contributed by atoms with van der Waals surface area (Å²) >= 11 is 0. The molecule has 4 nitrogen and oxygen atoms in total. The first-order valence-corrected chi connectivity index (χ1v) is 6.92. The van der Waals surface area contributed by atoms with E-state index in [-0.39, 0.29) is 0 Å². The Labute approximate surface area is 124 Å². The van der Waals surface area contributed by atoms with Gasteiger partial charge >= 0.3 is 0 Å². The minimum Gasteiger partial charge on any atom is -0.497 e. The third-order valence-corrected chi connectivity index (χ3v) is 4.19. The van der Waals surface area contributed by atoms with Crippen LogP contribution in [0.25, 0.3) is 0 Å². The number of hydrogen-bond acceptors (Lipinski definition) is 4. The van der Waals surface area contributed by atoms with Crippen molar-refractivity contribution < 1.29 is 14.6 Å². The third-order valence-electron chi connectivity index (χ3n) is 4.19. The molecule has 0 heterocycles. The molecule has 0 bridgehead atoms. The molecule has 0 aromatic heterocycles. The molecule has 0 aliphatic heterocycles. The Morgan fingerprint density at radius 3 is 2.52 bits per heavy atom. The van der Waals surface area contributed by atoms with Gasteiger partial charge in [-0.2, -0.15) is 0 Å². The largest absolute Gasteiger partial charge is 0.497 e. The lowest BCUT2D eigenvalue weighted by Crippen LogP contribution is -2.24. The van der Waals surface area contributed by atoms with Crippen LogP contribution in [-0.2, 0) is 12.0 Å². The Bertz CT molecular complexity index is 684. The lowest BCUT2D eigenvalue weighted by molar-refractivity contribution is 0.0799. The molecule has 0 fully saturated rings. The summed E-state index contributed by atoms with van der Waals surface area (Å²) in [5, 5.41) is 11.2. The summed E-state index contributed by atoms with van der Waals surface area (Å²) in [5.74, 6) is 1.33. The monoisotopic (exact) mass is 285 g/mol. The van der Waals surface area contributed by atoms with Crippen molar-refractivity contribution in [1.82, 2.24) is 0 Å². The molecule has 3 N–H and O–H groups in total. The second-order valence-corrected chi connectivity index (χ2v) is 5.34. The molecular formula is C17H19NO3. The SMILES string of the molecule is COc1ccc(C2(O)CCc3cc(N)ccc32)c(OC)c1. The van der Waals surface area contributed by atoms with Crippen LogP contribution in [0, 0.1) is 0 Å². The van der Waals surface area contributed by atoms with Gasteiger partial charge in [-0.1, -0.05) is 6.07 Å². The van der Waals surface area contributed by atoms with Crippen LogP contribution < -0.4 is 15.2 Å². The molecule has 1 unspecified atom stereocenters. The minimum atomic E-state index is -1.04. The van der Waals surface area contributed by atoms with Crippen LogP contribution in [0.2, 0.25) is 0 Å². The van der Waals surface area contributed by atoms with Crippen LogP contribution in [0.3, 0.4) is 0 Å². The van der Waals surface area contributed by atoms with Crippen LogP contribution >= 0.6 is 0 Å². The number of methoxy groups -OCH3 is 2. The molecule has 0 radical (unpaired) electrons. The average molecular weight is 285 g/mol. The predicted octanol–water partition coefficient (Wildman–Crippen LogP) is 2.47. The Kier molecular flexibility index (Phi) is 3.26. The maximum Gasteiger partial charge on any atom is 0.128 e. The zero-order valence-corrected chi connectivity index (χ0v) is 12.2. The van der Waals surface area contributed by atoms with Gasteiger partial charge in [0.15, 0.2) is 0 Å². The Morgan fingerprint density at radius 1 is 1.05 bits per heavy atom. The fourth-order valence-corrected chi connectivity index (χ4v) is 3.09. The number of benzene rings is 2. The molecule has 110 valence electrons. The zero-order chi connectivity index (χ0) is 15.0.